The molecule has 0 unspecified atom stereocenters. The summed E-state index contributed by atoms with van der Waals surface area (Å²) in [4.78, 5) is 27.1. The van der Waals surface area contributed by atoms with E-state index >= 15 is 0 Å². The molecule has 1 aliphatic rings. The summed E-state index contributed by atoms with van der Waals surface area (Å²) in [6.45, 7) is 4.79. The van der Waals surface area contributed by atoms with E-state index in [9.17, 15) is 9.59 Å². The molecule has 0 spiro atoms. The Hall–Kier alpha value is -3.15. The van der Waals surface area contributed by atoms with E-state index in [4.69, 9.17) is 16.3 Å². The molecule has 1 heterocycles. The van der Waals surface area contributed by atoms with Crippen molar-refractivity contribution in [2.75, 3.05) is 18.5 Å². The SMILES string of the molecule is CCOC(=O)c1cc(NC(=O)c2ccc(CN3CCc4ccccc4C3)cc2)ccc1Cl. The Morgan fingerprint density at radius 2 is 1.78 bits per heavy atom. The highest BCUT2D eigenvalue weighted by atomic mass is 35.5. The molecule has 0 atom stereocenters. The number of ether oxygens (including phenoxy) is 1. The van der Waals surface area contributed by atoms with E-state index < -0.39 is 5.97 Å². The van der Waals surface area contributed by atoms with Crippen molar-refractivity contribution in [3.8, 4) is 0 Å². The van der Waals surface area contributed by atoms with E-state index in [-0.39, 0.29) is 23.1 Å². The van der Waals surface area contributed by atoms with Crippen LogP contribution >= 0.6 is 11.6 Å². The van der Waals surface area contributed by atoms with E-state index in [1.807, 2.05) is 24.3 Å². The van der Waals surface area contributed by atoms with Crippen LogP contribution in [0.15, 0.2) is 66.7 Å². The molecular weight excluding hydrogens is 424 g/mol. The zero-order chi connectivity index (χ0) is 22.5. The van der Waals surface area contributed by atoms with Crippen molar-refractivity contribution in [1.29, 1.82) is 0 Å². The Bertz CT molecular complexity index is 1130. The number of benzene rings is 3. The maximum absolute atomic E-state index is 12.7. The standard InChI is InChI=1S/C26H25ClN2O3/c1-2-32-26(31)23-15-22(11-12-24(23)27)28-25(30)20-9-7-18(8-10-20)16-29-14-13-19-5-3-4-6-21(19)17-29/h3-12,15H,2,13-14,16-17H2,1H3,(H,28,30). The lowest BCUT2D eigenvalue weighted by Crippen LogP contribution is -2.29. The summed E-state index contributed by atoms with van der Waals surface area (Å²) >= 11 is 6.09. The van der Waals surface area contributed by atoms with Gasteiger partial charge in [0.15, 0.2) is 0 Å². The third-order valence-electron chi connectivity index (χ3n) is 5.55. The smallest absolute Gasteiger partial charge is 0.339 e. The Morgan fingerprint density at radius 1 is 1.03 bits per heavy atom. The molecule has 0 saturated carbocycles. The van der Waals surface area contributed by atoms with Gasteiger partial charge in [-0.15, -0.1) is 0 Å². The summed E-state index contributed by atoms with van der Waals surface area (Å²) in [7, 11) is 0. The summed E-state index contributed by atoms with van der Waals surface area (Å²) in [5.74, 6) is -0.765. The fourth-order valence-electron chi connectivity index (χ4n) is 3.88. The number of anilines is 1. The molecule has 0 radical (unpaired) electrons. The van der Waals surface area contributed by atoms with Gasteiger partial charge in [-0.2, -0.15) is 0 Å². The topological polar surface area (TPSA) is 58.6 Å². The van der Waals surface area contributed by atoms with E-state index in [2.05, 4.69) is 34.5 Å². The minimum absolute atomic E-state index is 0.227. The average Bonchev–Trinajstić information content (AvgIpc) is 2.81. The molecule has 3 aromatic carbocycles. The molecule has 0 bridgehead atoms. The third kappa shape index (κ3) is 5.18. The van der Waals surface area contributed by atoms with Gasteiger partial charge in [0.1, 0.15) is 0 Å². The molecule has 1 amide bonds. The van der Waals surface area contributed by atoms with Gasteiger partial charge >= 0.3 is 5.97 Å². The Morgan fingerprint density at radius 3 is 2.53 bits per heavy atom. The first-order valence-electron chi connectivity index (χ1n) is 10.7. The zero-order valence-corrected chi connectivity index (χ0v) is 18.7. The largest absolute Gasteiger partial charge is 0.462 e. The minimum Gasteiger partial charge on any atom is -0.462 e. The van der Waals surface area contributed by atoms with E-state index in [1.165, 1.54) is 17.2 Å². The lowest BCUT2D eigenvalue weighted by atomic mass is 9.99. The van der Waals surface area contributed by atoms with Crippen LogP contribution in [0.25, 0.3) is 0 Å². The predicted octanol–water partition coefficient (Wildman–Crippen LogP) is 5.33. The van der Waals surface area contributed by atoms with Crippen LogP contribution in [0.2, 0.25) is 5.02 Å². The van der Waals surface area contributed by atoms with Gasteiger partial charge in [-0.25, -0.2) is 4.79 Å². The second kappa shape index (κ2) is 9.98. The highest BCUT2D eigenvalue weighted by Crippen LogP contribution is 2.23. The van der Waals surface area contributed by atoms with Gasteiger partial charge in [0.25, 0.3) is 5.91 Å². The van der Waals surface area contributed by atoms with Crippen molar-refractivity contribution in [2.24, 2.45) is 0 Å². The van der Waals surface area contributed by atoms with Crippen molar-refractivity contribution >= 4 is 29.2 Å². The van der Waals surface area contributed by atoms with Crippen LogP contribution < -0.4 is 5.32 Å². The van der Waals surface area contributed by atoms with Crippen molar-refractivity contribution in [3.63, 3.8) is 0 Å². The molecule has 164 valence electrons. The Kier molecular flexibility index (Phi) is 6.88. The first-order chi connectivity index (χ1) is 15.5. The third-order valence-corrected chi connectivity index (χ3v) is 5.88. The summed E-state index contributed by atoms with van der Waals surface area (Å²) in [6, 6.07) is 21.0. The lowest BCUT2D eigenvalue weighted by molar-refractivity contribution is 0.0526. The van der Waals surface area contributed by atoms with Crippen LogP contribution in [-0.4, -0.2) is 29.9 Å². The second-order valence-corrected chi connectivity index (χ2v) is 8.20. The molecule has 0 aliphatic carbocycles. The van der Waals surface area contributed by atoms with Gasteiger partial charge < -0.3 is 10.1 Å². The van der Waals surface area contributed by atoms with E-state index in [0.717, 1.165) is 31.6 Å². The van der Waals surface area contributed by atoms with Gasteiger partial charge in [0, 0.05) is 30.9 Å². The second-order valence-electron chi connectivity index (χ2n) is 7.80. The van der Waals surface area contributed by atoms with E-state index in [0.29, 0.717) is 11.3 Å². The fraction of sp³-hybridized carbons (Fsp3) is 0.231. The summed E-state index contributed by atoms with van der Waals surface area (Å²) in [5.41, 5.74) is 5.25. The molecule has 5 nitrogen and oxygen atoms in total. The highest BCUT2D eigenvalue weighted by Gasteiger charge is 2.17. The maximum atomic E-state index is 12.7. The van der Waals surface area contributed by atoms with Crippen molar-refractivity contribution < 1.29 is 14.3 Å². The van der Waals surface area contributed by atoms with Gasteiger partial charge in [-0.3, -0.25) is 9.69 Å². The molecule has 1 N–H and O–H groups in total. The van der Waals surface area contributed by atoms with Crippen LogP contribution in [0.3, 0.4) is 0 Å². The minimum atomic E-state index is -0.515. The highest BCUT2D eigenvalue weighted by molar-refractivity contribution is 6.33. The van der Waals surface area contributed by atoms with Gasteiger partial charge in [0.2, 0.25) is 0 Å². The normalized spacial score (nSPS) is 13.3. The number of carbonyl (C=O) groups excluding carboxylic acids is 2. The summed E-state index contributed by atoms with van der Waals surface area (Å²) in [5, 5.41) is 3.10. The van der Waals surface area contributed by atoms with Gasteiger partial charge in [-0.1, -0.05) is 48.0 Å². The number of esters is 1. The monoisotopic (exact) mass is 448 g/mol. The zero-order valence-electron chi connectivity index (χ0n) is 17.9. The van der Waals surface area contributed by atoms with Gasteiger partial charge in [0.05, 0.1) is 17.2 Å². The number of carbonyl (C=O) groups is 2. The molecule has 0 aromatic heterocycles. The van der Waals surface area contributed by atoms with Crippen LogP contribution in [0.1, 0.15) is 44.3 Å². The first kappa shape index (κ1) is 22.1. The number of halogens is 1. The Labute approximate surface area is 193 Å². The van der Waals surface area contributed by atoms with Crippen LogP contribution in [0.4, 0.5) is 5.69 Å². The molecule has 1 aliphatic heterocycles. The molecule has 32 heavy (non-hydrogen) atoms. The molecule has 0 saturated heterocycles. The quantitative estimate of drug-likeness (QED) is 0.518. The number of fused-ring (bicyclic) bond motifs is 1. The molecular formula is C26H25ClN2O3. The summed E-state index contributed by atoms with van der Waals surface area (Å²) < 4.78 is 5.01. The number of hydrogen-bond donors (Lipinski definition) is 1. The summed E-state index contributed by atoms with van der Waals surface area (Å²) in [6.07, 6.45) is 1.06. The maximum Gasteiger partial charge on any atom is 0.339 e. The fourth-order valence-corrected chi connectivity index (χ4v) is 4.08. The predicted molar refractivity (Wildman–Crippen MR) is 126 cm³/mol. The molecule has 6 heteroatoms. The van der Waals surface area contributed by atoms with Crippen molar-refractivity contribution in [2.45, 2.75) is 26.4 Å². The van der Waals surface area contributed by atoms with Crippen molar-refractivity contribution in [1.82, 2.24) is 4.90 Å². The number of nitrogens with one attached hydrogen (secondary N) is 1. The number of rotatable bonds is 6. The first-order valence-corrected chi connectivity index (χ1v) is 11.1. The van der Waals surface area contributed by atoms with Gasteiger partial charge in [-0.05, 0) is 60.4 Å². The molecule has 0 fully saturated rings. The average molecular weight is 449 g/mol. The number of hydrogen-bond acceptors (Lipinski definition) is 4. The number of nitrogens with zero attached hydrogens (tertiary/aromatic N) is 1. The van der Waals surface area contributed by atoms with Crippen LogP contribution in [-0.2, 0) is 24.2 Å². The molecule has 3 aromatic rings. The number of amides is 1. The lowest BCUT2D eigenvalue weighted by Gasteiger charge is -2.28. The van der Waals surface area contributed by atoms with E-state index in [1.54, 1.807) is 19.1 Å². The van der Waals surface area contributed by atoms with Crippen LogP contribution in [0, 0.1) is 0 Å². The Balaban J connectivity index is 1.39. The molecule has 4 rings (SSSR count). The van der Waals surface area contributed by atoms with Crippen molar-refractivity contribution in [3.05, 3.63) is 99.6 Å². The van der Waals surface area contributed by atoms with Crippen LogP contribution in [0.5, 0.6) is 0 Å².